The maximum atomic E-state index is 6.17. The molecule has 0 aliphatic heterocycles. The molecule has 1 aromatic rings. The maximum Gasteiger partial charge on any atom is 0.232 e. The molecule has 0 radical (unpaired) electrons. The highest BCUT2D eigenvalue weighted by molar-refractivity contribution is 6.31. The van der Waals surface area contributed by atoms with Crippen molar-refractivity contribution >= 4 is 17.6 Å². The van der Waals surface area contributed by atoms with E-state index < -0.39 is 0 Å². The lowest BCUT2D eigenvalue weighted by Crippen LogP contribution is -2.37. The van der Waals surface area contributed by atoms with Gasteiger partial charge in [0.25, 0.3) is 0 Å². The van der Waals surface area contributed by atoms with E-state index >= 15 is 0 Å². The number of ether oxygens (including phenoxy) is 1. The minimum Gasteiger partial charge on any atom is -0.476 e. The van der Waals surface area contributed by atoms with E-state index in [4.69, 9.17) is 22.1 Å². The summed E-state index contributed by atoms with van der Waals surface area (Å²) in [4.78, 5) is 10.6. The molecule has 2 N–H and O–H groups in total. The first-order chi connectivity index (χ1) is 9.97. The fourth-order valence-corrected chi connectivity index (χ4v) is 1.97. The second-order valence-corrected chi connectivity index (χ2v) is 5.59. The summed E-state index contributed by atoms with van der Waals surface area (Å²) in [6, 6.07) is 1.82. The van der Waals surface area contributed by atoms with Gasteiger partial charge in [-0.25, -0.2) is 9.98 Å². The SMILES string of the molecule is CCN(CC)C(N)=NCc1cnc(OCC(C)C)c(Cl)c1. The zero-order valence-corrected chi connectivity index (χ0v) is 14.0. The monoisotopic (exact) mass is 312 g/mol. The fraction of sp³-hybridized carbons (Fsp3) is 0.600. The maximum absolute atomic E-state index is 6.17. The standard InChI is InChI=1S/C15H25ClN4O/c1-5-20(6-2)15(17)19-9-12-7-13(16)14(18-8-12)21-10-11(3)4/h7-8,11H,5-6,9-10H2,1-4H3,(H2,17,19). The highest BCUT2D eigenvalue weighted by Crippen LogP contribution is 2.23. The number of aromatic nitrogens is 1. The lowest BCUT2D eigenvalue weighted by Gasteiger charge is -2.19. The van der Waals surface area contributed by atoms with Gasteiger partial charge in [-0.15, -0.1) is 0 Å². The molecule has 118 valence electrons. The molecule has 0 saturated heterocycles. The first-order valence-electron chi connectivity index (χ1n) is 7.29. The number of hydrogen-bond donors (Lipinski definition) is 1. The zero-order chi connectivity index (χ0) is 15.8. The number of nitrogens with zero attached hydrogens (tertiary/aromatic N) is 3. The van der Waals surface area contributed by atoms with E-state index in [1.807, 2.05) is 24.8 Å². The van der Waals surface area contributed by atoms with Gasteiger partial charge in [0.1, 0.15) is 5.02 Å². The lowest BCUT2D eigenvalue weighted by molar-refractivity contribution is 0.261. The van der Waals surface area contributed by atoms with Crippen molar-refractivity contribution in [2.75, 3.05) is 19.7 Å². The van der Waals surface area contributed by atoms with Gasteiger partial charge in [-0.2, -0.15) is 0 Å². The Bertz CT molecular complexity index is 473. The molecule has 0 unspecified atom stereocenters. The summed E-state index contributed by atoms with van der Waals surface area (Å²) in [5, 5.41) is 0.504. The molecular weight excluding hydrogens is 288 g/mol. The first-order valence-corrected chi connectivity index (χ1v) is 7.67. The molecule has 1 heterocycles. The molecule has 0 saturated carbocycles. The van der Waals surface area contributed by atoms with Crippen LogP contribution in [-0.4, -0.2) is 35.5 Å². The third kappa shape index (κ3) is 5.79. The predicted molar refractivity (Wildman–Crippen MR) is 87.8 cm³/mol. The molecule has 0 atom stereocenters. The molecule has 0 aliphatic carbocycles. The Morgan fingerprint density at radius 2 is 2.10 bits per heavy atom. The summed E-state index contributed by atoms with van der Waals surface area (Å²) >= 11 is 6.17. The summed E-state index contributed by atoms with van der Waals surface area (Å²) < 4.78 is 5.54. The fourth-order valence-electron chi connectivity index (χ4n) is 1.72. The van der Waals surface area contributed by atoms with Gasteiger partial charge in [0.05, 0.1) is 13.2 Å². The molecule has 0 aliphatic rings. The van der Waals surface area contributed by atoms with Crippen LogP contribution in [0.1, 0.15) is 33.3 Å². The van der Waals surface area contributed by atoms with Crippen molar-refractivity contribution < 1.29 is 4.74 Å². The highest BCUT2D eigenvalue weighted by atomic mass is 35.5. The topological polar surface area (TPSA) is 63.7 Å². The van der Waals surface area contributed by atoms with Crippen molar-refractivity contribution in [3.63, 3.8) is 0 Å². The van der Waals surface area contributed by atoms with Crippen LogP contribution in [0.2, 0.25) is 5.02 Å². The number of guanidine groups is 1. The Morgan fingerprint density at radius 1 is 1.43 bits per heavy atom. The number of aliphatic imine (C=N–C) groups is 1. The van der Waals surface area contributed by atoms with E-state index in [9.17, 15) is 0 Å². The number of pyridine rings is 1. The van der Waals surface area contributed by atoms with Crippen molar-refractivity contribution in [3.8, 4) is 5.88 Å². The van der Waals surface area contributed by atoms with Gasteiger partial charge in [0.15, 0.2) is 5.96 Å². The van der Waals surface area contributed by atoms with Gasteiger partial charge >= 0.3 is 0 Å². The van der Waals surface area contributed by atoms with Crippen molar-refractivity contribution in [1.29, 1.82) is 0 Å². The van der Waals surface area contributed by atoms with Crippen molar-refractivity contribution in [2.24, 2.45) is 16.6 Å². The number of rotatable bonds is 7. The Kier molecular flexibility index (Phi) is 7.29. The van der Waals surface area contributed by atoms with Gasteiger partial charge in [0.2, 0.25) is 5.88 Å². The van der Waals surface area contributed by atoms with Gasteiger partial charge < -0.3 is 15.4 Å². The molecule has 21 heavy (non-hydrogen) atoms. The average Bonchev–Trinajstić information content (AvgIpc) is 2.45. The van der Waals surface area contributed by atoms with Gasteiger partial charge in [0, 0.05) is 19.3 Å². The molecule has 5 nitrogen and oxygen atoms in total. The van der Waals surface area contributed by atoms with Crippen LogP contribution in [0.15, 0.2) is 17.3 Å². The van der Waals surface area contributed by atoms with Crippen LogP contribution in [-0.2, 0) is 6.54 Å². The van der Waals surface area contributed by atoms with Crippen LogP contribution in [0.4, 0.5) is 0 Å². The van der Waals surface area contributed by atoms with Crippen molar-refractivity contribution in [1.82, 2.24) is 9.88 Å². The minimum atomic E-state index is 0.431. The highest BCUT2D eigenvalue weighted by Gasteiger charge is 2.07. The minimum absolute atomic E-state index is 0.431. The average molecular weight is 313 g/mol. The van der Waals surface area contributed by atoms with Crippen LogP contribution < -0.4 is 10.5 Å². The summed E-state index contributed by atoms with van der Waals surface area (Å²) in [7, 11) is 0. The summed E-state index contributed by atoms with van der Waals surface area (Å²) in [5.74, 6) is 1.44. The number of hydrogen-bond acceptors (Lipinski definition) is 3. The van der Waals surface area contributed by atoms with Gasteiger partial charge in [-0.1, -0.05) is 25.4 Å². The van der Waals surface area contributed by atoms with E-state index in [2.05, 4.69) is 23.8 Å². The lowest BCUT2D eigenvalue weighted by atomic mass is 10.2. The van der Waals surface area contributed by atoms with E-state index in [-0.39, 0.29) is 0 Å². The first kappa shape index (κ1) is 17.6. The van der Waals surface area contributed by atoms with E-state index in [0.717, 1.165) is 18.7 Å². The van der Waals surface area contributed by atoms with Gasteiger partial charge in [-0.3, -0.25) is 0 Å². The van der Waals surface area contributed by atoms with Crippen molar-refractivity contribution in [2.45, 2.75) is 34.2 Å². The van der Waals surface area contributed by atoms with Crippen molar-refractivity contribution in [3.05, 3.63) is 22.8 Å². The summed E-state index contributed by atoms with van der Waals surface area (Å²) in [6.07, 6.45) is 1.72. The molecule has 6 heteroatoms. The van der Waals surface area contributed by atoms with Crippen LogP contribution in [0, 0.1) is 5.92 Å². The summed E-state index contributed by atoms with van der Waals surface area (Å²) in [5.41, 5.74) is 6.84. The molecule has 1 aromatic heterocycles. The molecule has 0 fully saturated rings. The quantitative estimate of drug-likeness (QED) is 0.621. The Morgan fingerprint density at radius 3 is 2.62 bits per heavy atom. The van der Waals surface area contributed by atoms with Crippen LogP contribution in [0.25, 0.3) is 0 Å². The zero-order valence-electron chi connectivity index (χ0n) is 13.3. The Hall–Kier alpha value is -1.49. The van der Waals surface area contributed by atoms with Crippen LogP contribution in [0.5, 0.6) is 5.88 Å². The smallest absolute Gasteiger partial charge is 0.232 e. The van der Waals surface area contributed by atoms with Crippen LogP contribution in [0.3, 0.4) is 0 Å². The molecule has 0 aromatic carbocycles. The van der Waals surface area contributed by atoms with E-state index in [1.165, 1.54) is 0 Å². The third-order valence-corrected chi connectivity index (χ3v) is 3.20. The molecule has 0 amide bonds. The molecule has 0 spiro atoms. The van der Waals surface area contributed by atoms with E-state index in [0.29, 0.717) is 35.9 Å². The summed E-state index contributed by atoms with van der Waals surface area (Å²) in [6.45, 7) is 11.0. The van der Waals surface area contributed by atoms with Crippen LogP contribution >= 0.6 is 11.6 Å². The number of nitrogens with two attached hydrogens (primary N) is 1. The van der Waals surface area contributed by atoms with Gasteiger partial charge in [-0.05, 0) is 31.4 Å². The predicted octanol–water partition coefficient (Wildman–Crippen LogP) is 2.93. The second kappa shape index (κ2) is 8.72. The molecular formula is C15H25ClN4O. The second-order valence-electron chi connectivity index (χ2n) is 5.18. The van der Waals surface area contributed by atoms with E-state index in [1.54, 1.807) is 6.20 Å². The number of halogens is 1. The molecule has 0 bridgehead atoms. The Balaban J connectivity index is 2.69. The molecule has 1 rings (SSSR count). The third-order valence-electron chi connectivity index (χ3n) is 2.93. The largest absolute Gasteiger partial charge is 0.476 e. The Labute approximate surface area is 132 Å². The normalized spacial score (nSPS) is 11.8.